The molecular weight excluding hydrogens is 753 g/mol. The highest BCUT2D eigenvalue weighted by atomic mass is 16.3. The van der Waals surface area contributed by atoms with E-state index in [1.807, 2.05) is 6.07 Å². The van der Waals surface area contributed by atoms with Crippen LogP contribution in [-0.4, -0.2) is 0 Å². The van der Waals surface area contributed by atoms with Crippen molar-refractivity contribution >= 4 is 66.8 Å². The molecule has 1 aliphatic rings. The van der Waals surface area contributed by atoms with E-state index in [2.05, 4.69) is 246 Å². The second-order valence-corrected chi connectivity index (χ2v) is 16.0. The van der Waals surface area contributed by atoms with Crippen molar-refractivity contribution in [3.05, 3.63) is 265 Å². The SMILES string of the molecule is c1ccc(N(c2ccc(-c3ccc(N4c5ccccc5C(c5ccccc5)(c5cccc6c5oc5ccccc56)c5ccccc54)cc3)cc2)c2cccc3ccccc23)cc1. The van der Waals surface area contributed by atoms with Crippen LogP contribution in [-0.2, 0) is 5.41 Å². The highest BCUT2D eigenvalue weighted by Crippen LogP contribution is 2.59. The average molecular weight is 793 g/mol. The van der Waals surface area contributed by atoms with E-state index in [9.17, 15) is 0 Å². The molecule has 3 heteroatoms. The van der Waals surface area contributed by atoms with Crippen molar-refractivity contribution in [1.29, 1.82) is 0 Å². The van der Waals surface area contributed by atoms with Crippen LogP contribution in [0.2, 0.25) is 0 Å². The first kappa shape index (κ1) is 35.8. The van der Waals surface area contributed by atoms with Gasteiger partial charge in [0.25, 0.3) is 0 Å². The predicted molar refractivity (Wildman–Crippen MR) is 258 cm³/mol. The summed E-state index contributed by atoms with van der Waals surface area (Å²) in [4.78, 5) is 4.78. The van der Waals surface area contributed by atoms with Crippen LogP contribution in [0.4, 0.5) is 34.1 Å². The molecule has 11 aromatic rings. The quantitative estimate of drug-likeness (QED) is 0.160. The topological polar surface area (TPSA) is 19.6 Å². The molecule has 0 spiro atoms. The van der Waals surface area contributed by atoms with Crippen LogP contribution in [0.1, 0.15) is 22.3 Å². The Kier molecular flexibility index (Phi) is 8.39. The van der Waals surface area contributed by atoms with Crippen molar-refractivity contribution in [2.24, 2.45) is 0 Å². The second kappa shape index (κ2) is 14.5. The van der Waals surface area contributed by atoms with Crippen LogP contribution < -0.4 is 9.80 Å². The molecule has 0 saturated carbocycles. The molecule has 62 heavy (non-hydrogen) atoms. The van der Waals surface area contributed by atoms with Gasteiger partial charge in [-0.2, -0.15) is 0 Å². The third-order valence-electron chi connectivity index (χ3n) is 12.7. The molecule has 292 valence electrons. The van der Waals surface area contributed by atoms with Gasteiger partial charge in [0.1, 0.15) is 11.2 Å². The minimum atomic E-state index is -0.667. The van der Waals surface area contributed by atoms with Crippen LogP contribution in [0, 0.1) is 0 Å². The van der Waals surface area contributed by atoms with Gasteiger partial charge in [0.2, 0.25) is 0 Å². The maximum atomic E-state index is 6.85. The smallest absolute Gasteiger partial charge is 0.140 e. The Bertz CT molecular complexity index is 3350. The molecule has 0 unspecified atom stereocenters. The molecule has 0 N–H and O–H groups in total. The van der Waals surface area contributed by atoms with E-state index in [4.69, 9.17) is 4.42 Å². The van der Waals surface area contributed by atoms with E-state index in [-0.39, 0.29) is 0 Å². The summed E-state index contributed by atoms with van der Waals surface area (Å²) in [5.41, 5.74) is 14.9. The van der Waals surface area contributed by atoms with Gasteiger partial charge >= 0.3 is 0 Å². The van der Waals surface area contributed by atoms with Gasteiger partial charge in [-0.1, -0.05) is 182 Å². The summed E-state index contributed by atoms with van der Waals surface area (Å²) >= 11 is 0. The zero-order chi connectivity index (χ0) is 41.0. The number of hydrogen-bond donors (Lipinski definition) is 0. The zero-order valence-electron chi connectivity index (χ0n) is 33.9. The van der Waals surface area contributed by atoms with E-state index in [0.29, 0.717) is 0 Å². The zero-order valence-corrected chi connectivity index (χ0v) is 33.9. The first-order valence-electron chi connectivity index (χ1n) is 21.3. The Labute approximate surface area is 361 Å². The first-order valence-corrected chi connectivity index (χ1v) is 21.3. The molecule has 0 fully saturated rings. The summed E-state index contributed by atoms with van der Waals surface area (Å²) < 4.78 is 6.85. The van der Waals surface area contributed by atoms with E-state index in [1.165, 1.54) is 27.5 Å². The molecule has 0 aliphatic carbocycles. The lowest BCUT2D eigenvalue weighted by atomic mass is 9.62. The Morgan fingerprint density at radius 3 is 1.61 bits per heavy atom. The summed E-state index contributed by atoms with van der Waals surface area (Å²) in [6.07, 6.45) is 0. The molecule has 0 atom stereocenters. The van der Waals surface area contributed by atoms with E-state index in [1.54, 1.807) is 0 Å². The van der Waals surface area contributed by atoms with Crippen molar-refractivity contribution in [2.45, 2.75) is 5.41 Å². The molecule has 1 aliphatic heterocycles. The average Bonchev–Trinajstić information content (AvgIpc) is 3.74. The lowest BCUT2D eigenvalue weighted by Gasteiger charge is -2.46. The van der Waals surface area contributed by atoms with Crippen LogP contribution in [0.25, 0.3) is 43.8 Å². The lowest BCUT2D eigenvalue weighted by molar-refractivity contribution is 0.643. The largest absolute Gasteiger partial charge is 0.456 e. The van der Waals surface area contributed by atoms with Crippen molar-refractivity contribution in [2.75, 3.05) is 9.80 Å². The number of nitrogens with zero attached hydrogens (tertiary/aromatic N) is 2. The first-order chi connectivity index (χ1) is 30.8. The number of para-hydroxylation sites is 5. The molecule has 12 rings (SSSR count). The van der Waals surface area contributed by atoms with Crippen LogP contribution in [0.15, 0.2) is 247 Å². The van der Waals surface area contributed by atoms with Gasteiger partial charge in [-0.3, -0.25) is 0 Å². The van der Waals surface area contributed by atoms with Gasteiger partial charge in [-0.15, -0.1) is 0 Å². The fraction of sp³-hybridized carbons (Fsp3) is 0.0169. The molecule has 0 bridgehead atoms. The summed E-state index contributed by atoms with van der Waals surface area (Å²) in [7, 11) is 0. The van der Waals surface area contributed by atoms with Crippen molar-refractivity contribution < 1.29 is 4.42 Å². The third-order valence-corrected chi connectivity index (χ3v) is 12.7. The van der Waals surface area contributed by atoms with Gasteiger partial charge < -0.3 is 14.2 Å². The maximum absolute atomic E-state index is 6.85. The Balaban J connectivity index is 0.969. The summed E-state index contributed by atoms with van der Waals surface area (Å²) in [5, 5.41) is 4.68. The number of benzene rings is 10. The van der Waals surface area contributed by atoms with Crippen molar-refractivity contribution in [1.82, 2.24) is 0 Å². The number of fused-ring (bicyclic) bond motifs is 6. The molecule has 2 heterocycles. The third kappa shape index (κ3) is 5.52. The number of hydrogen-bond acceptors (Lipinski definition) is 3. The van der Waals surface area contributed by atoms with Crippen LogP contribution in [0.5, 0.6) is 0 Å². The van der Waals surface area contributed by atoms with E-state index >= 15 is 0 Å². The molecule has 3 nitrogen and oxygen atoms in total. The van der Waals surface area contributed by atoms with Gasteiger partial charge in [0.15, 0.2) is 0 Å². The number of rotatable bonds is 7. The molecular formula is C59H40N2O. The van der Waals surface area contributed by atoms with Crippen LogP contribution >= 0.6 is 0 Å². The Morgan fingerprint density at radius 2 is 0.887 bits per heavy atom. The molecule has 0 saturated heterocycles. The highest BCUT2D eigenvalue weighted by Gasteiger charge is 2.47. The second-order valence-electron chi connectivity index (χ2n) is 16.0. The van der Waals surface area contributed by atoms with Gasteiger partial charge in [-0.05, 0) is 93.9 Å². The minimum Gasteiger partial charge on any atom is -0.456 e. The Hall–Kier alpha value is -8.14. The standard InChI is InChI=1S/C59H40N2O/c1-3-19-44(20-4-1)59(53-28-16-25-50-49-24-9-14-32-57(49)62-58(50)53)51-26-10-12-29-55(51)61(56-30-13-11-27-52(56)59)47-39-35-42(36-40-47)41-33-37-46(38-34-41)60(45-21-5-2-6-22-45)54-31-15-18-43-17-7-8-23-48(43)54/h1-40H. The minimum absolute atomic E-state index is 0.667. The maximum Gasteiger partial charge on any atom is 0.140 e. The fourth-order valence-electron chi connectivity index (χ4n) is 10.0. The van der Waals surface area contributed by atoms with Crippen molar-refractivity contribution in [3.63, 3.8) is 0 Å². The molecule has 1 aromatic heterocycles. The van der Waals surface area contributed by atoms with Gasteiger partial charge in [0.05, 0.1) is 22.5 Å². The van der Waals surface area contributed by atoms with Gasteiger partial charge in [-0.25, -0.2) is 0 Å². The Morgan fingerprint density at radius 1 is 0.371 bits per heavy atom. The number of anilines is 6. The molecule has 10 aromatic carbocycles. The van der Waals surface area contributed by atoms with E-state index < -0.39 is 5.41 Å². The van der Waals surface area contributed by atoms with E-state index in [0.717, 1.165) is 72.8 Å². The fourth-order valence-corrected chi connectivity index (χ4v) is 10.0. The molecule has 0 radical (unpaired) electrons. The summed E-state index contributed by atoms with van der Waals surface area (Å²) in [5.74, 6) is 0. The van der Waals surface area contributed by atoms with Gasteiger partial charge in [0, 0.05) is 38.8 Å². The normalized spacial score (nSPS) is 12.9. The number of furan rings is 1. The highest BCUT2D eigenvalue weighted by molar-refractivity contribution is 6.07. The summed E-state index contributed by atoms with van der Waals surface area (Å²) in [6.45, 7) is 0. The summed E-state index contributed by atoms with van der Waals surface area (Å²) in [6, 6.07) is 87.5. The van der Waals surface area contributed by atoms with Crippen molar-refractivity contribution in [3.8, 4) is 11.1 Å². The predicted octanol–water partition coefficient (Wildman–Crippen LogP) is 16.0. The monoisotopic (exact) mass is 792 g/mol. The molecule has 0 amide bonds. The lowest BCUT2D eigenvalue weighted by Crippen LogP contribution is -2.37. The van der Waals surface area contributed by atoms with Crippen LogP contribution in [0.3, 0.4) is 0 Å².